The first-order valence-electron chi connectivity index (χ1n) is 7.36. The van der Waals surface area contributed by atoms with Gasteiger partial charge in [0.2, 0.25) is 0 Å². The van der Waals surface area contributed by atoms with Gasteiger partial charge in [-0.2, -0.15) is 0 Å². The standard InChI is InChI=1S/C18H14FN/c19-17-10-9-15(18-8-4-5-11-20-18)13-16(17)12-14-6-2-1-3-7-14/h1-11,13H,12H2/i12D2. The van der Waals surface area contributed by atoms with Crippen molar-refractivity contribution >= 4 is 0 Å². The van der Waals surface area contributed by atoms with E-state index in [-0.39, 0.29) is 5.56 Å². The average Bonchev–Trinajstić information content (AvgIpc) is 2.57. The van der Waals surface area contributed by atoms with Gasteiger partial charge in [-0.3, -0.25) is 4.98 Å². The van der Waals surface area contributed by atoms with E-state index in [0.29, 0.717) is 16.8 Å². The predicted octanol–water partition coefficient (Wildman–Crippen LogP) is 4.48. The molecule has 0 saturated carbocycles. The summed E-state index contributed by atoms with van der Waals surface area (Å²) in [5.41, 5.74) is 1.82. The topological polar surface area (TPSA) is 12.9 Å². The van der Waals surface area contributed by atoms with Gasteiger partial charge < -0.3 is 0 Å². The molecule has 1 aromatic heterocycles. The Labute approximate surface area is 120 Å². The molecule has 2 aromatic carbocycles. The average molecular weight is 265 g/mol. The van der Waals surface area contributed by atoms with Gasteiger partial charge in [0.25, 0.3) is 0 Å². The second kappa shape index (κ2) is 5.66. The molecule has 0 saturated heterocycles. The maximum absolute atomic E-state index is 14.2. The van der Waals surface area contributed by atoms with Crippen molar-refractivity contribution in [2.24, 2.45) is 0 Å². The van der Waals surface area contributed by atoms with Crippen LogP contribution in [0.3, 0.4) is 0 Å². The lowest BCUT2D eigenvalue weighted by molar-refractivity contribution is 0.614. The molecule has 0 radical (unpaired) electrons. The lowest BCUT2D eigenvalue weighted by Gasteiger charge is -2.07. The molecule has 0 N–H and O–H groups in total. The maximum atomic E-state index is 14.2. The number of nitrogens with zero attached hydrogens (tertiary/aromatic N) is 1. The van der Waals surface area contributed by atoms with E-state index in [1.165, 1.54) is 12.1 Å². The molecular formula is C18H14FN. The smallest absolute Gasteiger partial charge is 0.126 e. The Bertz CT molecular complexity index is 774. The van der Waals surface area contributed by atoms with Gasteiger partial charge in [0.1, 0.15) is 5.82 Å². The van der Waals surface area contributed by atoms with E-state index in [2.05, 4.69) is 4.98 Å². The summed E-state index contributed by atoms with van der Waals surface area (Å²) in [5.74, 6) is -0.562. The van der Waals surface area contributed by atoms with Crippen LogP contribution in [0.2, 0.25) is 0 Å². The van der Waals surface area contributed by atoms with Crippen LogP contribution < -0.4 is 0 Å². The summed E-state index contributed by atoms with van der Waals surface area (Å²) in [7, 11) is 0. The third-order valence-electron chi connectivity index (χ3n) is 2.98. The lowest BCUT2D eigenvalue weighted by atomic mass is 10.0. The second-order valence-electron chi connectivity index (χ2n) is 4.40. The number of pyridine rings is 1. The molecule has 0 unspecified atom stereocenters. The minimum absolute atomic E-state index is 0.0156. The van der Waals surface area contributed by atoms with Crippen molar-refractivity contribution in [3.8, 4) is 11.3 Å². The van der Waals surface area contributed by atoms with Gasteiger partial charge in [-0.1, -0.05) is 36.4 Å². The molecule has 0 aliphatic carbocycles. The number of halogens is 1. The van der Waals surface area contributed by atoms with Gasteiger partial charge >= 0.3 is 0 Å². The molecule has 1 nitrogen and oxygen atoms in total. The zero-order valence-electron chi connectivity index (χ0n) is 12.8. The third-order valence-corrected chi connectivity index (χ3v) is 2.98. The fourth-order valence-electron chi connectivity index (χ4n) is 1.99. The van der Waals surface area contributed by atoms with Gasteiger partial charge in [0.15, 0.2) is 0 Å². The van der Waals surface area contributed by atoms with Crippen LogP contribution in [0.4, 0.5) is 4.39 Å². The minimum atomic E-state index is -1.91. The largest absolute Gasteiger partial charge is 0.256 e. The Morgan fingerprint density at radius 1 is 0.950 bits per heavy atom. The first-order chi connectivity index (χ1) is 10.6. The Morgan fingerprint density at radius 3 is 2.50 bits per heavy atom. The van der Waals surface area contributed by atoms with Crippen LogP contribution in [0, 0.1) is 5.82 Å². The quantitative estimate of drug-likeness (QED) is 0.680. The molecule has 0 aliphatic heterocycles. The Kier molecular flexibility index (Phi) is 2.92. The van der Waals surface area contributed by atoms with E-state index in [4.69, 9.17) is 2.74 Å². The van der Waals surface area contributed by atoms with Gasteiger partial charge in [-0.25, -0.2) is 4.39 Å². The highest BCUT2D eigenvalue weighted by Gasteiger charge is 2.06. The SMILES string of the molecule is [2H]C([2H])(c1ccccc1)c1cc(-c2ccccn2)ccc1F. The Morgan fingerprint density at radius 2 is 1.75 bits per heavy atom. The van der Waals surface area contributed by atoms with E-state index in [0.717, 1.165) is 0 Å². The second-order valence-corrected chi connectivity index (χ2v) is 4.40. The molecule has 98 valence electrons. The normalized spacial score (nSPS) is 12.7. The van der Waals surface area contributed by atoms with E-state index < -0.39 is 12.2 Å². The number of benzene rings is 2. The van der Waals surface area contributed by atoms with E-state index in [1.54, 1.807) is 48.7 Å². The van der Waals surface area contributed by atoms with Crippen molar-refractivity contribution < 1.29 is 7.13 Å². The zero-order valence-corrected chi connectivity index (χ0v) is 10.8. The van der Waals surface area contributed by atoms with Crippen LogP contribution in [-0.2, 0) is 6.37 Å². The summed E-state index contributed by atoms with van der Waals surface area (Å²) in [4.78, 5) is 4.23. The van der Waals surface area contributed by atoms with Crippen LogP contribution in [0.5, 0.6) is 0 Å². The summed E-state index contributed by atoms with van der Waals surface area (Å²) in [6.07, 6.45) is -0.250. The van der Waals surface area contributed by atoms with Crippen LogP contribution in [0.15, 0.2) is 72.9 Å². The van der Waals surface area contributed by atoms with E-state index in [9.17, 15) is 4.39 Å². The minimum Gasteiger partial charge on any atom is -0.256 e. The van der Waals surface area contributed by atoms with Gasteiger partial charge in [-0.15, -0.1) is 0 Å². The molecule has 0 atom stereocenters. The summed E-state index contributed by atoms with van der Waals surface area (Å²) >= 11 is 0. The molecule has 3 aromatic rings. The number of rotatable bonds is 3. The van der Waals surface area contributed by atoms with Gasteiger partial charge in [-0.05, 0) is 41.5 Å². The highest BCUT2D eigenvalue weighted by atomic mass is 19.1. The summed E-state index contributed by atoms with van der Waals surface area (Å²) in [6.45, 7) is 0. The molecule has 2 heteroatoms. The van der Waals surface area contributed by atoms with E-state index >= 15 is 0 Å². The number of hydrogen-bond donors (Lipinski definition) is 0. The molecule has 1 heterocycles. The first-order valence-corrected chi connectivity index (χ1v) is 6.36. The predicted molar refractivity (Wildman–Crippen MR) is 78.9 cm³/mol. The van der Waals surface area contributed by atoms with Crippen molar-refractivity contribution in [2.75, 3.05) is 0 Å². The summed E-state index contributed by atoms with van der Waals surface area (Å²) in [5, 5.41) is 0. The number of hydrogen-bond acceptors (Lipinski definition) is 1. The summed E-state index contributed by atoms with van der Waals surface area (Å²) < 4.78 is 30.8. The maximum Gasteiger partial charge on any atom is 0.126 e. The highest BCUT2D eigenvalue weighted by Crippen LogP contribution is 2.22. The molecule has 0 fully saturated rings. The fraction of sp³-hybridized carbons (Fsp3) is 0.0556. The molecule has 0 spiro atoms. The monoisotopic (exact) mass is 265 g/mol. The highest BCUT2D eigenvalue weighted by molar-refractivity contribution is 5.60. The van der Waals surface area contributed by atoms with Crippen molar-refractivity contribution in [1.29, 1.82) is 0 Å². The first kappa shape index (κ1) is 10.3. The van der Waals surface area contributed by atoms with Crippen molar-refractivity contribution in [2.45, 2.75) is 6.37 Å². The zero-order chi connectivity index (χ0) is 15.6. The van der Waals surface area contributed by atoms with E-state index in [1.807, 2.05) is 12.1 Å². The van der Waals surface area contributed by atoms with Crippen molar-refractivity contribution in [3.63, 3.8) is 0 Å². The van der Waals surface area contributed by atoms with Crippen LogP contribution in [-0.4, -0.2) is 4.98 Å². The number of aromatic nitrogens is 1. The Balaban J connectivity index is 2.11. The lowest BCUT2D eigenvalue weighted by Crippen LogP contribution is -1.94. The molecule has 20 heavy (non-hydrogen) atoms. The van der Waals surface area contributed by atoms with Crippen LogP contribution in [0.25, 0.3) is 11.3 Å². The molecular weight excluding hydrogens is 249 g/mol. The molecule has 0 amide bonds. The third kappa shape index (κ3) is 2.75. The van der Waals surface area contributed by atoms with Crippen molar-refractivity contribution in [1.82, 2.24) is 4.98 Å². The van der Waals surface area contributed by atoms with Crippen molar-refractivity contribution in [3.05, 3.63) is 89.9 Å². The van der Waals surface area contributed by atoms with Gasteiger partial charge in [0.05, 0.1) is 5.69 Å². The fourth-order valence-corrected chi connectivity index (χ4v) is 1.99. The summed E-state index contributed by atoms with van der Waals surface area (Å²) in [6, 6.07) is 18.5. The van der Waals surface area contributed by atoms with Crippen LogP contribution >= 0.6 is 0 Å². The molecule has 0 bridgehead atoms. The Hall–Kier alpha value is -2.48. The van der Waals surface area contributed by atoms with Gasteiger partial charge in [0, 0.05) is 20.9 Å². The molecule has 0 aliphatic rings. The molecule has 3 rings (SSSR count). The van der Waals surface area contributed by atoms with Crippen LogP contribution in [0.1, 0.15) is 13.9 Å².